The van der Waals surface area contributed by atoms with Crippen molar-refractivity contribution in [2.75, 3.05) is 6.54 Å². The Morgan fingerprint density at radius 2 is 2.05 bits per heavy atom. The Morgan fingerprint density at radius 3 is 2.67 bits per heavy atom. The fourth-order valence-electron chi connectivity index (χ4n) is 2.32. The molecule has 6 heteroatoms. The lowest BCUT2D eigenvalue weighted by atomic mass is 9.99. The number of nitrogens with zero attached hydrogens (tertiary/aromatic N) is 1. The molecule has 0 saturated carbocycles. The van der Waals surface area contributed by atoms with Gasteiger partial charge in [-0.3, -0.25) is 0 Å². The summed E-state index contributed by atoms with van der Waals surface area (Å²) in [6.07, 6.45) is -0.0802. The number of ether oxygens (including phenoxy) is 1. The number of halogens is 2. The van der Waals surface area contributed by atoms with Crippen molar-refractivity contribution in [2.45, 2.75) is 45.4 Å². The maximum Gasteiger partial charge on any atom is 0.410 e. The first-order chi connectivity index (χ1) is 9.69. The van der Waals surface area contributed by atoms with Gasteiger partial charge in [0, 0.05) is 18.2 Å². The van der Waals surface area contributed by atoms with Crippen LogP contribution >= 0.6 is 0 Å². The zero-order valence-electron chi connectivity index (χ0n) is 12.5. The van der Waals surface area contributed by atoms with Crippen molar-refractivity contribution in [3.63, 3.8) is 0 Å². The van der Waals surface area contributed by atoms with E-state index in [-0.39, 0.29) is 12.1 Å². The fraction of sp³-hybridized carbons (Fsp3) is 0.533. The molecule has 1 amide bonds. The van der Waals surface area contributed by atoms with Crippen LogP contribution in [0.5, 0.6) is 0 Å². The van der Waals surface area contributed by atoms with Gasteiger partial charge >= 0.3 is 6.09 Å². The number of amides is 1. The minimum absolute atomic E-state index is 0.0401. The van der Waals surface area contributed by atoms with Gasteiger partial charge in [-0.2, -0.15) is 0 Å². The number of carbonyl (C=O) groups excluding carboxylic acids is 1. The second-order valence-corrected chi connectivity index (χ2v) is 6.23. The maximum atomic E-state index is 14.0. The highest BCUT2D eigenvalue weighted by Gasteiger charge is 2.29. The minimum atomic E-state index is -0.946. The van der Waals surface area contributed by atoms with Crippen LogP contribution in [-0.2, 0) is 11.3 Å². The Labute approximate surface area is 122 Å². The number of benzene rings is 1. The van der Waals surface area contributed by atoms with Gasteiger partial charge in [0.05, 0.1) is 6.54 Å². The van der Waals surface area contributed by atoms with Crippen LogP contribution in [0, 0.1) is 11.6 Å². The number of fused-ring (bicyclic) bond motifs is 1. The molecule has 0 fully saturated rings. The summed E-state index contributed by atoms with van der Waals surface area (Å²) in [5.41, 5.74) is 6.02. The first-order valence-electron chi connectivity index (χ1n) is 6.89. The third kappa shape index (κ3) is 3.50. The summed E-state index contributed by atoms with van der Waals surface area (Å²) in [4.78, 5) is 13.5. The standard InChI is InChI=1S/C15H20F2N2O2/c1-15(2,3)21-14(20)19-7-6-12(18)9-4-5-11(16)13(17)10(9)8-19/h4-5,12H,6-8,18H2,1-3H3/t12-/m1/s1. The number of carbonyl (C=O) groups is 1. The van der Waals surface area contributed by atoms with Crippen molar-refractivity contribution >= 4 is 6.09 Å². The average Bonchev–Trinajstić information content (AvgIpc) is 2.52. The van der Waals surface area contributed by atoms with E-state index in [1.54, 1.807) is 20.8 Å². The molecule has 1 aliphatic heterocycles. The topological polar surface area (TPSA) is 55.6 Å². The normalized spacial score (nSPS) is 19.0. The highest BCUT2D eigenvalue weighted by molar-refractivity contribution is 5.68. The summed E-state index contributed by atoms with van der Waals surface area (Å²) in [6.45, 7) is 5.56. The van der Waals surface area contributed by atoms with E-state index in [1.807, 2.05) is 0 Å². The second-order valence-electron chi connectivity index (χ2n) is 6.23. The molecule has 0 saturated heterocycles. The smallest absolute Gasteiger partial charge is 0.410 e. The lowest BCUT2D eigenvalue weighted by molar-refractivity contribution is 0.0233. The van der Waals surface area contributed by atoms with Gasteiger partial charge in [-0.25, -0.2) is 13.6 Å². The molecule has 4 nitrogen and oxygen atoms in total. The third-order valence-corrected chi connectivity index (χ3v) is 3.34. The Bertz CT molecular complexity index is 555. The molecule has 1 aromatic rings. The average molecular weight is 298 g/mol. The van der Waals surface area contributed by atoms with Crippen LogP contribution in [0.2, 0.25) is 0 Å². The molecule has 21 heavy (non-hydrogen) atoms. The van der Waals surface area contributed by atoms with Crippen LogP contribution in [0.1, 0.15) is 44.4 Å². The molecule has 0 aromatic heterocycles. The maximum absolute atomic E-state index is 14.0. The molecule has 1 atom stereocenters. The molecule has 2 rings (SSSR count). The van der Waals surface area contributed by atoms with E-state index in [1.165, 1.54) is 11.0 Å². The zero-order chi connectivity index (χ0) is 15.8. The second kappa shape index (κ2) is 5.60. The molecule has 1 aromatic carbocycles. The number of nitrogens with two attached hydrogens (primary N) is 1. The van der Waals surface area contributed by atoms with Crippen molar-refractivity contribution in [2.24, 2.45) is 5.73 Å². The van der Waals surface area contributed by atoms with Crippen molar-refractivity contribution in [3.8, 4) is 0 Å². The summed E-state index contributed by atoms with van der Waals surface area (Å²) in [5, 5.41) is 0. The first kappa shape index (κ1) is 15.7. The van der Waals surface area contributed by atoms with Crippen molar-refractivity contribution < 1.29 is 18.3 Å². The van der Waals surface area contributed by atoms with E-state index in [4.69, 9.17) is 10.5 Å². The zero-order valence-corrected chi connectivity index (χ0v) is 12.5. The van der Waals surface area contributed by atoms with E-state index in [0.717, 1.165) is 6.07 Å². The number of hydrogen-bond acceptors (Lipinski definition) is 3. The minimum Gasteiger partial charge on any atom is -0.444 e. The lowest BCUT2D eigenvalue weighted by Gasteiger charge is -2.26. The summed E-state index contributed by atoms with van der Waals surface area (Å²) < 4.78 is 32.7. The van der Waals surface area contributed by atoms with E-state index in [0.29, 0.717) is 18.5 Å². The highest BCUT2D eigenvalue weighted by Crippen LogP contribution is 2.29. The number of hydrogen-bond donors (Lipinski definition) is 1. The molecule has 116 valence electrons. The Morgan fingerprint density at radius 1 is 1.38 bits per heavy atom. The molecule has 0 bridgehead atoms. The molecule has 0 unspecified atom stereocenters. The summed E-state index contributed by atoms with van der Waals surface area (Å²) in [7, 11) is 0. The molecule has 0 radical (unpaired) electrons. The third-order valence-electron chi connectivity index (χ3n) is 3.34. The van der Waals surface area contributed by atoms with Gasteiger partial charge in [-0.1, -0.05) is 6.07 Å². The van der Waals surface area contributed by atoms with Crippen LogP contribution in [-0.4, -0.2) is 23.1 Å². The first-order valence-corrected chi connectivity index (χ1v) is 6.89. The van der Waals surface area contributed by atoms with E-state index in [2.05, 4.69) is 0 Å². The molecular weight excluding hydrogens is 278 g/mol. The van der Waals surface area contributed by atoms with Crippen molar-refractivity contribution in [1.82, 2.24) is 4.90 Å². The van der Waals surface area contributed by atoms with Gasteiger partial charge in [0.25, 0.3) is 0 Å². The van der Waals surface area contributed by atoms with E-state index >= 15 is 0 Å². The predicted octanol–water partition coefficient (Wildman–Crippen LogP) is 3.11. The Balaban J connectivity index is 2.30. The van der Waals surface area contributed by atoms with Gasteiger partial charge in [-0.05, 0) is 38.8 Å². The van der Waals surface area contributed by atoms with Gasteiger partial charge in [0.2, 0.25) is 0 Å². The van der Waals surface area contributed by atoms with Crippen LogP contribution in [0.15, 0.2) is 12.1 Å². The predicted molar refractivity (Wildman–Crippen MR) is 74.5 cm³/mol. The molecule has 0 aliphatic carbocycles. The largest absolute Gasteiger partial charge is 0.444 e. The molecule has 0 spiro atoms. The van der Waals surface area contributed by atoms with Gasteiger partial charge in [0.1, 0.15) is 5.60 Å². The lowest BCUT2D eigenvalue weighted by Crippen LogP contribution is -2.36. The van der Waals surface area contributed by atoms with E-state index in [9.17, 15) is 13.6 Å². The van der Waals surface area contributed by atoms with Crippen LogP contribution in [0.4, 0.5) is 13.6 Å². The SMILES string of the molecule is CC(C)(C)OC(=O)N1CC[C@@H](N)c2ccc(F)c(F)c2C1. The molecule has 1 aliphatic rings. The quantitative estimate of drug-likeness (QED) is 0.800. The van der Waals surface area contributed by atoms with Crippen molar-refractivity contribution in [1.29, 1.82) is 0 Å². The Kier molecular flexibility index (Phi) is 4.18. The summed E-state index contributed by atoms with van der Waals surface area (Å²) in [5.74, 6) is -1.88. The van der Waals surface area contributed by atoms with Crippen molar-refractivity contribution in [3.05, 3.63) is 34.9 Å². The summed E-state index contributed by atoms with van der Waals surface area (Å²) in [6, 6.07) is 2.12. The molecular formula is C15H20F2N2O2. The van der Waals surface area contributed by atoms with Crippen LogP contribution < -0.4 is 5.73 Å². The van der Waals surface area contributed by atoms with E-state index < -0.39 is 29.4 Å². The molecule has 2 N–H and O–H groups in total. The Hall–Kier alpha value is -1.69. The van der Waals surface area contributed by atoms with Crippen LogP contribution in [0.25, 0.3) is 0 Å². The summed E-state index contributed by atoms with van der Waals surface area (Å²) >= 11 is 0. The van der Waals surface area contributed by atoms with Gasteiger partial charge in [-0.15, -0.1) is 0 Å². The van der Waals surface area contributed by atoms with Gasteiger partial charge < -0.3 is 15.4 Å². The fourth-order valence-corrected chi connectivity index (χ4v) is 2.32. The molecule has 1 heterocycles. The monoisotopic (exact) mass is 298 g/mol. The van der Waals surface area contributed by atoms with Crippen LogP contribution in [0.3, 0.4) is 0 Å². The number of rotatable bonds is 0. The van der Waals surface area contributed by atoms with Gasteiger partial charge in [0.15, 0.2) is 11.6 Å². The highest BCUT2D eigenvalue weighted by atomic mass is 19.2.